The Morgan fingerprint density at radius 1 is 0.556 bits per heavy atom. The molecule has 168 valence electrons. The molecule has 3 heteroatoms. The van der Waals surface area contributed by atoms with Crippen LogP contribution in [0.4, 0.5) is 17.1 Å². The Bertz CT molecular complexity index is 1950. The fourth-order valence-electron chi connectivity index (χ4n) is 5.70. The van der Waals surface area contributed by atoms with Gasteiger partial charge in [-0.3, -0.25) is 4.98 Å². The first-order valence-corrected chi connectivity index (χ1v) is 12.1. The van der Waals surface area contributed by atoms with Gasteiger partial charge in [-0.25, -0.2) is 0 Å². The van der Waals surface area contributed by atoms with Gasteiger partial charge in [-0.2, -0.15) is 0 Å². The Morgan fingerprint density at radius 3 is 2.28 bits per heavy atom. The van der Waals surface area contributed by atoms with Crippen molar-refractivity contribution < 1.29 is 4.42 Å². The van der Waals surface area contributed by atoms with E-state index in [-0.39, 0.29) is 0 Å². The quantitative estimate of drug-likeness (QED) is 0.257. The van der Waals surface area contributed by atoms with Crippen molar-refractivity contribution in [3.05, 3.63) is 121 Å². The molecule has 7 aromatic rings. The lowest BCUT2D eigenvalue weighted by molar-refractivity contribution is 0.669. The first-order chi connectivity index (χ1) is 17.9. The molecule has 2 aromatic heterocycles. The summed E-state index contributed by atoms with van der Waals surface area (Å²) in [5.41, 5.74) is 9.60. The molecular weight excluding hydrogens is 440 g/mol. The highest BCUT2D eigenvalue weighted by Crippen LogP contribution is 2.52. The summed E-state index contributed by atoms with van der Waals surface area (Å²) in [6, 6.07) is 40.5. The minimum atomic E-state index is 0.895. The number of furan rings is 1. The summed E-state index contributed by atoms with van der Waals surface area (Å²) >= 11 is 0. The molecule has 0 unspecified atom stereocenters. The molecule has 0 amide bonds. The average Bonchev–Trinajstić information content (AvgIpc) is 3.33. The van der Waals surface area contributed by atoms with Gasteiger partial charge in [0.1, 0.15) is 11.2 Å². The molecule has 0 radical (unpaired) electrons. The van der Waals surface area contributed by atoms with Crippen LogP contribution in [-0.4, -0.2) is 4.98 Å². The van der Waals surface area contributed by atoms with E-state index in [1.165, 1.54) is 21.9 Å². The van der Waals surface area contributed by atoms with Crippen LogP contribution in [0.3, 0.4) is 0 Å². The first-order valence-electron chi connectivity index (χ1n) is 12.1. The van der Waals surface area contributed by atoms with Crippen LogP contribution in [0.2, 0.25) is 0 Å². The van der Waals surface area contributed by atoms with E-state index < -0.39 is 0 Å². The lowest BCUT2D eigenvalue weighted by Gasteiger charge is -2.33. The van der Waals surface area contributed by atoms with Crippen LogP contribution in [-0.2, 0) is 0 Å². The maximum Gasteiger partial charge on any atom is 0.136 e. The Kier molecular flexibility index (Phi) is 3.94. The van der Waals surface area contributed by atoms with E-state index in [9.17, 15) is 0 Å². The molecule has 5 aromatic carbocycles. The van der Waals surface area contributed by atoms with E-state index in [1.54, 1.807) is 0 Å². The highest BCUT2D eigenvalue weighted by atomic mass is 16.3. The fraction of sp³-hybridized carbons (Fsp3) is 0. The standard InChI is InChI=1S/C33H20N2O/c1-2-9-21(10-3-1)22-11-6-12-23(19-22)35-27-15-7-14-25-31(27)26(33-28(35)16-8-18-34-33)20-30-32(25)24-13-4-5-17-29(24)36-30/h1-20H. The number of rotatable bonds is 2. The molecule has 0 saturated carbocycles. The highest BCUT2D eigenvalue weighted by molar-refractivity contribution is 6.26. The van der Waals surface area contributed by atoms with Crippen molar-refractivity contribution >= 4 is 49.8 Å². The minimum absolute atomic E-state index is 0.895. The predicted molar refractivity (Wildman–Crippen MR) is 148 cm³/mol. The third-order valence-electron chi connectivity index (χ3n) is 7.21. The number of anilines is 3. The first kappa shape index (κ1) is 19.4. The zero-order chi connectivity index (χ0) is 23.6. The van der Waals surface area contributed by atoms with Crippen molar-refractivity contribution in [3.8, 4) is 22.4 Å². The van der Waals surface area contributed by atoms with E-state index in [4.69, 9.17) is 9.40 Å². The van der Waals surface area contributed by atoms with E-state index >= 15 is 0 Å². The van der Waals surface area contributed by atoms with Crippen LogP contribution in [0.5, 0.6) is 0 Å². The average molecular weight is 461 g/mol. The SMILES string of the molecule is c1ccc(-c2cccc(N3c4cccnc4-c4cc5oc6ccccc6c5c5cccc3c45)c2)cc1. The molecule has 0 fully saturated rings. The lowest BCUT2D eigenvalue weighted by atomic mass is 9.91. The largest absolute Gasteiger partial charge is 0.456 e. The number of benzene rings is 5. The molecule has 0 spiro atoms. The number of para-hydroxylation sites is 1. The van der Waals surface area contributed by atoms with Gasteiger partial charge in [0, 0.05) is 33.6 Å². The summed E-state index contributed by atoms with van der Waals surface area (Å²) in [4.78, 5) is 7.22. The van der Waals surface area contributed by atoms with E-state index in [2.05, 4.69) is 102 Å². The van der Waals surface area contributed by atoms with Gasteiger partial charge in [-0.15, -0.1) is 0 Å². The number of hydrogen-bond acceptors (Lipinski definition) is 3. The van der Waals surface area contributed by atoms with Gasteiger partial charge < -0.3 is 9.32 Å². The monoisotopic (exact) mass is 460 g/mol. The van der Waals surface area contributed by atoms with Crippen LogP contribution in [0, 0.1) is 0 Å². The van der Waals surface area contributed by atoms with Crippen molar-refractivity contribution in [2.75, 3.05) is 4.90 Å². The molecule has 0 atom stereocenters. The number of pyridine rings is 1. The molecule has 0 aliphatic carbocycles. The van der Waals surface area contributed by atoms with Crippen molar-refractivity contribution in [3.63, 3.8) is 0 Å². The molecule has 36 heavy (non-hydrogen) atoms. The maximum atomic E-state index is 6.32. The fourth-order valence-corrected chi connectivity index (χ4v) is 5.70. The topological polar surface area (TPSA) is 29.3 Å². The smallest absolute Gasteiger partial charge is 0.136 e. The van der Waals surface area contributed by atoms with Crippen LogP contribution in [0.1, 0.15) is 0 Å². The molecule has 0 N–H and O–H groups in total. The van der Waals surface area contributed by atoms with E-state index in [1.807, 2.05) is 24.4 Å². The van der Waals surface area contributed by atoms with Crippen molar-refractivity contribution in [1.29, 1.82) is 0 Å². The molecule has 3 nitrogen and oxygen atoms in total. The number of fused-ring (bicyclic) bond motifs is 6. The van der Waals surface area contributed by atoms with Crippen LogP contribution >= 0.6 is 0 Å². The Hall–Kier alpha value is -4.89. The van der Waals surface area contributed by atoms with Crippen molar-refractivity contribution in [1.82, 2.24) is 4.98 Å². The third kappa shape index (κ3) is 2.65. The maximum absolute atomic E-state index is 6.32. The number of aromatic nitrogens is 1. The summed E-state index contributed by atoms with van der Waals surface area (Å²) in [5, 5.41) is 4.68. The lowest BCUT2D eigenvalue weighted by Crippen LogP contribution is -2.15. The molecule has 8 rings (SSSR count). The summed E-state index contributed by atoms with van der Waals surface area (Å²) in [5.74, 6) is 0. The molecular formula is C33H20N2O. The summed E-state index contributed by atoms with van der Waals surface area (Å²) in [6.07, 6.45) is 1.88. The molecule has 0 bridgehead atoms. The van der Waals surface area contributed by atoms with Crippen molar-refractivity contribution in [2.24, 2.45) is 0 Å². The van der Waals surface area contributed by atoms with Gasteiger partial charge in [-0.05, 0) is 59.0 Å². The van der Waals surface area contributed by atoms with Gasteiger partial charge >= 0.3 is 0 Å². The van der Waals surface area contributed by atoms with E-state index in [0.717, 1.165) is 50.3 Å². The second-order valence-corrected chi connectivity index (χ2v) is 9.22. The molecule has 1 aliphatic rings. The van der Waals surface area contributed by atoms with Gasteiger partial charge in [0.15, 0.2) is 0 Å². The van der Waals surface area contributed by atoms with Gasteiger partial charge in [0.05, 0.1) is 17.1 Å². The Labute approximate surface area is 207 Å². The highest BCUT2D eigenvalue weighted by Gasteiger charge is 2.28. The normalized spacial score (nSPS) is 12.4. The third-order valence-corrected chi connectivity index (χ3v) is 7.21. The zero-order valence-electron chi connectivity index (χ0n) is 19.3. The van der Waals surface area contributed by atoms with Crippen LogP contribution in [0.15, 0.2) is 126 Å². The molecule has 3 heterocycles. The van der Waals surface area contributed by atoms with Gasteiger partial charge in [0.2, 0.25) is 0 Å². The Morgan fingerprint density at radius 2 is 1.33 bits per heavy atom. The minimum Gasteiger partial charge on any atom is -0.456 e. The van der Waals surface area contributed by atoms with Crippen molar-refractivity contribution in [2.45, 2.75) is 0 Å². The van der Waals surface area contributed by atoms with Gasteiger partial charge in [0.25, 0.3) is 0 Å². The van der Waals surface area contributed by atoms with Crippen LogP contribution in [0.25, 0.3) is 55.1 Å². The number of hydrogen-bond donors (Lipinski definition) is 0. The van der Waals surface area contributed by atoms with E-state index in [0.29, 0.717) is 0 Å². The molecule has 1 aliphatic heterocycles. The summed E-state index contributed by atoms with van der Waals surface area (Å²) < 4.78 is 6.32. The number of nitrogens with zero attached hydrogens (tertiary/aromatic N) is 2. The second-order valence-electron chi connectivity index (χ2n) is 9.22. The van der Waals surface area contributed by atoms with Crippen LogP contribution < -0.4 is 4.90 Å². The predicted octanol–water partition coefficient (Wildman–Crippen LogP) is 9.25. The summed E-state index contributed by atoms with van der Waals surface area (Å²) in [7, 11) is 0. The molecule has 0 saturated heterocycles. The zero-order valence-corrected chi connectivity index (χ0v) is 19.3. The van der Waals surface area contributed by atoms with Gasteiger partial charge in [-0.1, -0.05) is 72.8 Å². The Balaban J connectivity index is 1.47. The summed E-state index contributed by atoms with van der Waals surface area (Å²) in [6.45, 7) is 0. The second kappa shape index (κ2) is 7.30.